The second-order valence-corrected chi connectivity index (χ2v) is 5.77. The minimum Gasteiger partial charge on any atom is -0.368 e. The van der Waals surface area contributed by atoms with Crippen LogP contribution in [0.5, 0.6) is 0 Å². The van der Waals surface area contributed by atoms with Crippen molar-refractivity contribution in [2.45, 2.75) is 46.6 Å². The molecule has 106 valence electrons. The van der Waals surface area contributed by atoms with Gasteiger partial charge < -0.3 is 4.90 Å². The molecule has 0 heterocycles. The lowest BCUT2D eigenvalue weighted by atomic mass is 10.0. The smallest absolute Gasteiger partial charge is 0.152 e. The van der Waals surface area contributed by atoms with E-state index in [4.69, 9.17) is 11.6 Å². The summed E-state index contributed by atoms with van der Waals surface area (Å²) in [5.74, 6) is 0.552. The molecule has 0 aliphatic heterocycles. The van der Waals surface area contributed by atoms with Gasteiger partial charge in [-0.1, -0.05) is 39.3 Å². The van der Waals surface area contributed by atoms with Crippen molar-refractivity contribution < 1.29 is 4.79 Å². The van der Waals surface area contributed by atoms with Crippen LogP contribution in [0.4, 0.5) is 5.69 Å². The zero-order valence-corrected chi connectivity index (χ0v) is 13.1. The Hall–Kier alpha value is -1.02. The molecule has 0 aromatic heterocycles. The van der Waals surface area contributed by atoms with Gasteiger partial charge in [-0.3, -0.25) is 4.79 Å². The van der Waals surface area contributed by atoms with Gasteiger partial charge in [0.2, 0.25) is 0 Å². The van der Waals surface area contributed by atoms with Crippen molar-refractivity contribution in [3.63, 3.8) is 0 Å². The van der Waals surface area contributed by atoms with Crippen LogP contribution in [0.2, 0.25) is 5.02 Å². The molecule has 1 aromatic carbocycles. The maximum Gasteiger partial charge on any atom is 0.152 e. The molecule has 0 bridgehead atoms. The lowest BCUT2D eigenvalue weighted by molar-refractivity contribution is 0.112. The third kappa shape index (κ3) is 4.24. The Morgan fingerprint density at radius 2 is 1.89 bits per heavy atom. The summed E-state index contributed by atoms with van der Waals surface area (Å²) in [4.78, 5) is 13.6. The standard InChI is InChI=1S/C16H24ClNO/c1-5-15(6-2)18(10-12(3)4)16-8-7-14(17)9-13(16)11-19/h7-9,11-12,15H,5-6,10H2,1-4H3. The van der Waals surface area contributed by atoms with Crippen molar-refractivity contribution in [2.24, 2.45) is 5.92 Å². The first kappa shape index (κ1) is 16.0. The quantitative estimate of drug-likeness (QED) is 0.669. The van der Waals surface area contributed by atoms with Gasteiger partial charge in [0.15, 0.2) is 6.29 Å². The van der Waals surface area contributed by atoms with Gasteiger partial charge in [-0.05, 0) is 37.0 Å². The Kier molecular flexibility index (Phi) is 6.36. The fourth-order valence-corrected chi connectivity index (χ4v) is 2.63. The predicted octanol–water partition coefficient (Wildman–Crippen LogP) is 4.80. The molecule has 0 fully saturated rings. The topological polar surface area (TPSA) is 20.3 Å². The van der Waals surface area contributed by atoms with Gasteiger partial charge in [0.05, 0.1) is 0 Å². The molecular formula is C16H24ClNO. The molecule has 2 nitrogen and oxygen atoms in total. The molecule has 1 aromatic rings. The summed E-state index contributed by atoms with van der Waals surface area (Å²) in [6, 6.07) is 6.04. The summed E-state index contributed by atoms with van der Waals surface area (Å²) in [6.45, 7) is 9.74. The predicted molar refractivity (Wildman–Crippen MR) is 83.4 cm³/mol. The molecule has 0 radical (unpaired) electrons. The molecular weight excluding hydrogens is 258 g/mol. The summed E-state index contributed by atoms with van der Waals surface area (Å²) in [7, 11) is 0. The molecule has 0 unspecified atom stereocenters. The number of anilines is 1. The fourth-order valence-electron chi connectivity index (χ4n) is 2.45. The van der Waals surface area contributed by atoms with Gasteiger partial charge in [-0.25, -0.2) is 0 Å². The van der Waals surface area contributed by atoms with Crippen molar-refractivity contribution in [2.75, 3.05) is 11.4 Å². The highest BCUT2D eigenvalue weighted by Gasteiger charge is 2.19. The zero-order valence-electron chi connectivity index (χ0n) is 12.3. The lowest BCUT2D eigenvalue weighted by Crippen LogP contribution is -2.38. The zero-order chi connectivity index (χ0) is 14.4. The van der Waals surface area contributed by atoms with E-state index in [9.17, 15) is 4.79 Å². The fraction of sp³-hybridized carbons (Fsp3) is 0.562. The normalized spacial score (nSPS) is 11.1. The highest BCUT2D eigenvalue weighted by molar-refractivity contribution is 6.31. The molecule has 0 saturated heterocycles. The molecule has 0 aliphatic carbocycles. The van der Waals surface area contributed by atoms with Crippen molar-refractivity contribution in [1.29, 1.82) is 0 Å². The van der Waals surface area contributed by atoms with E-state index >= 15 is 0 Å². The van der Waals surface area contributed by atoms with Crippen molar-refractivity contribution in [3.05, 3.63) is 28.8 Å². The average molecular weight is 282 g/mol. The minimum atomic E-state index is 0.460. The highest BCUT2D eigenvalue weighted by Crippen LogP contribution is 2.27. The number of halogens is 1. The summed E-state index contributed by atoms with van der Waals surface area (Å²) in [5.41, 5.74) is 1.68. The number of benzene rings is 1. The second kappa shape index (κ2) is 7.54. The van der Waals surface area contributed by atoms with E-state index in [-0.39, 0.29) is 0 Å². The molecule has 0 spiro atoms. The Bertz CT molecular complexity index is 413. The third-order valence-electron chi connectivity index (χ3n) is 3.37. The minimum absolute atomic E-state index is 0.460. The highest BCUT2D eigenvalue weighted by atomic mass is 35.5. The van der Waals surface area contributed by atoms with Gasteiger partial charge in [0.25, 0.3) is 0 Å². The Balaban J connectivity index is 3.19. The molecule has 0 N–H and O–H groups in total. The van der Waals surface area contributed by atoms with E-state index in [0.717, 1.165) is 31.4 Å². The molecule has 0 saturated carbocycles. The second-order valence-electron chi connectivity index (χ2n) is 5.34. The maximum atomic E-state index is 11.3. The van der Waals surface area contributed by atoms with Crippen LogP contribution in [-0.4, -0.2) is 18.9 Å². The molecule has 0 aliphatic rings. The van der Waals surface area contributed by atoms with E-state index in [1.54, 1.807) is 6.07 Å². The monoisotopic (exact) mass is 281 g/mol. The Morgan fingerprint density at radius 3 is 2.37 bits per heavy atom. The van der Waals surface area contributed by atoms with Crippen LogP contribution < -0.4 is 4.90 Å². The summed E-state index contributed by atoms with van der Waals surface area (Å²) < 4.78 is 0. The molecule has 1 rings (SSSR count). The molecule has 0 amide bonds. The van der Waals surface area contributed by atoms with Crippen LogP contribution >= 0.6 is 11.6 Å². The van der Waals surface area contributed by atoms with Gasteiger partial charge in [0.1, 0.15) is 0 Å². The summed E-state index contributed by atoms with van der Waals surface area (Å²) in [5, 5.41) is 0.611. The molecule has 3 heteroatoms. The van der Waals surface area contributed by atoms with Crippen LogP contribution in [0.1, 0.15) is 50.9 Å². The van der Waals surface area contributed by atoms with Gasteiger partial charge in [0, 0.05) is 28.9 Å². The maximum absolute atomic E-state index is 11.3. The van der Waals surface area contributed by atoms with Crippen LogP contribution in [0.25, 0.3) is 0 Å². The largest absolute Gasteiger partial charge is 0.368 e. The number of aldehydes is 1. The van der Waals surface area contributed by atoms with Crippen molar-refractivity contribution in [1.82, 2.24) is 0 Å². The summed E-state index contributed by atoms with van der Waals surface area (Å²) >= 11 is 5.98. The number of carbonyl (C=O) groups excluding carboxylic acids is 1. The van der Waals surface area contributed by atoms with Crippen molar-refractivity contribution in [3.8, 4) is 0 Å². The van der Waals surface area contributed by atoms with E-state index in [0.29, 0.717) is 22.5 Å². The van der Waals surface area contributed by atoms with Gasteiger partial charge in [-0.15, -0.1) is 0 Å². The lowest BCUT2D eigenvalue weighted by Gasteiger charge is -2.35. The van der Waals surface area contributed by atoms with Gasteiger partial charge in [-0.2, -0.15) is 0 Å². The molecule has 19 heavy (non-hydrogen) atoms. The first-order valence-electron chi connectivity index (χ1n) is 7.04. The Labute approximate surface area is 121 Å². The SMILES string of the molecule is CCC(CC)N(CC(C)C)c1ccc(Cl)cc1C=O. The van der Waals surface area contributed by atoms with E-state index < -0.39 is 0 Å². The molecule has 0 atom stereocenters. The first-order valence-corrected chi connectivity index (χ1v) is 7.42. The van der Waals surface area contributed by atoms with Crippen molar-refractivity contribution >= 4 is 23.6 Å². The van der Waals surface area contributed by atoms with Gasteiger partial charge >= 0.3 is 0 Å². The van der Waals surface area contributed by atoms with E-state index in [2.05, 4.69) is 32.6 Å². The van der Waals surface area contributed by atoms with E-state index in [1.807, 2.05) is 12.1 Å². The van der Waals surface area contributed by atoms with Crippen LogP contribution in [0, 0.1) is 5.92 Å². The number of carbonyl (C=O) groups is 1. The third-order valence-corrected chi connectivity index (χ3v) is 3.61. The summed E-state index contributed by atoms with van der Waals surface area (Å²) in [6.07, 6.45) is 3.05. The Morgan fingerprint density at radius 1 is 1.26 bits per heavy atom. The first-order chi connectivity index (χ1) is 9.03. The number of nitrogens with zero attached hydrogens (tertiary/aromatic N) is 1. The van der Waals surface area contributed by atoms with Crippen LogP contribution in [0.15, 0.2) is 18.2 Å². The average Bonchev–Trinajstić information content (AvgIpc) is 2.38. The number of hydrogen-bond donors (Lipinski definition) is 0. The van der Waals surface area contributed by atoms with Crippen LogP contribution in [-0.2, 0) is 0 Å². The number of hydrogen-bond acceptors (Lipinski definition) is 2. The van der Waals surface area contributed by atoms with E-state index in [1.165, 1.54) is 0 Å². The van der Waals surface area contributed by atoms with Crippen LogP contribution in [0.3, 0.4) is 0 Å². The number of rotatable bonds is 7.